The molecule has 194 valence electrons. The van der Waals surface area contributed by atoms with Crippen LogP contribution in [0.15, 0.2) is 30.6 Å². The summed E-state index contributed by atoms with van der Waals surface area (Å²) in [6.07, 6.45) is 0.815. The summed E-state index contributed by atoms with van der Waals surface area (Å²) >= 11 is 0. The Morgan fingerprint density at radius 1 is 1.33 bits per heavy atom. The molecule has 5 rings (SSSR count). The van der Waals surface area contributed by atoms with E-state index in [-0.39, 0.29) is 18.1 Å². The number of alkyl halides is 2. The lowest BCUT2D eigenvalue weighted by Gasteiger charge is -2.32. The molecule has 1 aliphatic heterocycles. The second-order valence-electron chi connectivity index (χ2n) is 8.68. The van der Waals surface area contributed by atoms with Gasteiger partial charge in [0, 0.05) is 18.9 Å². The minimum atomic E-state index is -4.94. The molecule has 1 saturated carbocycles. The third-order valence-electron chi connectivity index (χ3n) is 6.39. The fourth-order valence-electron chi connectivity index (χ4n) is 4.20. The fraction of sp³-hybridized carbons (Fsp3) is 0.476. The molecule has 0 spiro atoms. The lowest BCUT2D eigenvalue weighted by Crippen LogP contribution is -2.44. The van der Waals surface area contributed by atoms with E-state index in [1.807, 2.05) is 0 Å². The smallest absolute Gasteiger partial charge is 0.267 e. The van der Waals surface area contributed by atoms with Crippen molar-refractivity contribution in [3.63, 3.8) is 0 Å². The van der Waals surface area contributed by atoms with E-state index >= 15 is 0 Å². The highest BCUT2D eigenvalue weighted by molar-refractivity contribution is 7.44. The molecule has 0 aromatic carbocycles. The first-order valence-corrected chi connectivity index (χ1v) is 12.6. The highest BCUT2D eigenvalue weighted by atomic mass is 31.2. The number of fused-ring (bicyclic) bond motifs is 1. The van der Waals surface area contributed by atoms with Crippen LogP contribution in [0.1, 0.15) is 24.8 Å². The Labute approximate surface area is 202 Å². The highest BCUT2D eigenvalue weighted by Gasteiger charge is 2.52. The molecule has 3 atom stereocenters. The molecule has 1 unspecified atom stereocenters. The number of phosphoric ester groups is 1. The van der Waals surface area contributed by atoms with E-state index in [0.717, 1.165) is 0 Å². The van der Waals surface area contributed by atoms with Crippen molar-refractivity contribution in [2.75, 3.05) is 25.3 Å². The predicted octanol–water partition coefficient (Wildman–Crippen LogP) is 2.25. The van der Waals surface area contributed by atoms with Crippen LogP contribution < -0.4 is 10.2 Å². The summed E-state index contributed by atoms with van der Waals surface area (Å²) < 4.78 is 68.4. The number of hydrogen-bond donors (Lipinski definition) is 2. The average Bonchev–Trinajstić information content (AvgIpc) is 3.59. The second kappa shape index (κ2) is 9.69. The number of hydrogen-bond acceptors (Lipinski definition) is 9. The van der Waals surface area contributed by atoms with Crippen LogP contribution in [0.2, 0.25) is 0 Å². The molecular weight excluding hydrogens is 506 g/mol. The lowest BCUT2D eigenvalue weighted by atomic mass is 9.98. The van der Waals surface area contributed by atoms with Crippen LogP contribution in [0.4, 0.5) is 19.1 Å². The van der Waals surface area contributed by atoms with E-state index in [1.54, 1.807) is 12.1 Å². The zero-order chi connectivity index (χ0) is 25.5. The van der Waals surface area contributed by atoms with E-state index < -0.39 is 44.4 Å². The van der Waals surface area contributed by atoms with Gasteiger partial charge in [-0.2, -0.15) is 0 Å². The zero-order valence-corrected chi connectivity index (χ0v) is 19.6. The SMILES string of the molecule is O=P([O-])(O)OCO[C@@H]1COCC[C@H]1Nc1ncc2c(F)cc(-c3ccc(C4(C(F)F)CC4)cn3)n2n1. The van der Waals surface area contributed by atoms with Gasteiger partial charge in [0.2, 0.25) is 12.4 Å². The first-order chi connectivity index (χ1) is 17.2. The first-order valence-electron chi connectivity index (χ1n) is 11.1. The Bertz CT molecular complexity index is 1280. The second-order valence-corrected chi connectivity index (χ2v) is 9.88. The van der Waals surface area contributed by atoms with Gasteiger partial charge in [-0.3, -0.25) is 14.1 Å². The topological polar surface area (TPSA) is 143 Å². The van der Waals surface area contributed by atoms with Crippen molar-refractivity contribution in [1.29, 1.82) is 0 Å². The summed E-state index contributed by atoms with van der Waals surface area (Å²) in [5.41, 5.74) is 0.0528. The maximum absolute atomic E-state index is 14.6. The number of aromatic nitrogens is 4. The molecule has 11 nitrogen and oxygen atoms in total. The van der Waals surface area contributed by atoms with Crippen molar-refractivity contribution in [2.45, 2.75) is 43.2 Å². The van der Waals surface area contributed by atoms with Gasteiger partial charge in [-0.25, -0.2) is 22.7 Å². The molecule has 1 saturated heterocycles. The van der Waals surface area contributed by atoms with Crippen LogP contribution in [0.5, 0.6) is 0 Å². The van der Waals surface area contributed by atoms with Gasteiger partial charge in [-0.05, 0) is 30.9 Å². The Balaban J connectivity index is 1.36. The van der Waals surface area contributed by atoms with E-state index in [4.69, 9.17) is 14.4 Å². The maximum atomic E-state index is 14.6. The molecule has 0 bridgehead atoms. The molecule has 2 aliphatic rings. The van der Waals surface area contributed by atoms with Gasteiger partial charge in [0.15, 0.2) is 12.6 Å². The van der Waals surface area contributed by atoms with Gasteiger partial charge in [0.1, 0.15) is 11.6 Å². The summed E-state index contributed by atoms with van der Waals surface area (Å²) in [4.78, 5) is 27.9. The van der Waals surface area contributed by atoms with Crippen molar-refractivity contribution in [3.05, 3.63) is 42.0 Å². The van der Waals surface area contributed by atoms with Crippen LogP contribution >= 0.6 is 7.82 Å². The van der Waals surface area contributed by atoms with Gasteiger partial charge in [-0.15, -0.1) is 5.10 Å². The molecule has 3 aromatic rings. The third kappa shape index (κ3) is 5.10. The predicted molar refractivity (Wildman–Crippen MR) is 117 cm³/mol. The summed E-state index contributed by atoms with van der Waals surface area (Å²) in [7, 11) is -4.94. The standard InChI is InChI=1S/C21H23F3N5O6P/c22-13-7-16(14-2-1-12(8-25-14)21(4-5-21)19(23)24)29-17(13)9-26-20(28-29)27-15-3-6-33-10-18(15)34-11-35-36(30,31)32/h1-2,7-9,15,18-19H,3-6,10-11H2,(H,27,28)(H2,30,31,32)/p-1/t15-,18-/m1/s1. The van der Waals surface area contributed by atoms with E-state index in [9.17, 15) is 22.6 Å². The van der Waals surface area contributed by atoms with E-state index in [2.05, 4.69) is 24.9 Å². The Morgan fingerprint density at radius 2 is 2.14 bits per heavy atom. The highest BCUT2D eigenvalue weighted by Crippen LogP contribution is 2.52. The average molecular weight is 528 g/mol. The summed E-state index contributed by atoms with van der Waals surface area (Å²) in [6, 6.07) is 3.98. The van der Waals surface area contributed by atoms with Crippen LogP contribution in [-0.2, 0) is 24.0 Å². The van der Waals surface area contributed by atoms with Gasteiger partial charge >= 0.3 is 0 Å². The number of pyridine rings is 1. The molecule has 0 radical (unpaired) electrons. The Kier molecular flexibility index (Phi) is 6.74. The van der Waals surface area contributed by atoms with Crippen molar-refractivity contribution in [3.8, 4) is 11.4 Å². The van der Waals surface area contributed by atoms with Crippen LogP contribution in [0, 0.1) is 5.82 Å². The summed E-state index contributed by atoms with van der Waals surface area (Å²) in [5, 5.41) is 7.43. The number of nitrogens with one attached hydrogen (secondary N) is 1. The summed E-state index contributed by atoms with van der Waals surface area (Å²) in [5.74, 6) is -0.451. The largest absolute Gasteiger partial charge is 0.756 e. The molecule has 36 heavy (non-hydrogen) atoms. The number of rotatable bonds is 9. The van der Waals surface area contributed by atoms with Gasteiger partial charge in [-0.1, -0.05) is 6.07 Å². The third-order valence-corrected chi connectivity index (χ3v) is 6.82. The molecule has 2 fully saturated rings. The first kappa shape index (κ1) is 25.1. The molecule has 4 heterocycles. The molecule has 15 heteroatoms. The quantitative estimate of drug-likeness (QED) is 0.314. The Morgan fingerprint density at radius 3 is 2.81 bits per heavy atom. The molecule has 0 amide bonds. The molecule has 3 aromatic heterocycles. The normalized spacial score (nSPS) is 23.1. The van der Waals surface area contributed by atoms with Crippen molar-refractivity contribution in [2.24, 2.45) is 0 Å². The Hall–Kier alpha value is -2.61. The maximum Gasteiger partial charge on any atom is 0.267 e. The van der Waals surface area contributed by atoms with Crippen molar-refractivity contribution >= 4 is 19.3 Å². The van der Waals surface area contributed by atoms with Crippen LogP contribution in [-0.4, -0.2) is 63.1 Å². The van der Waals surface area contributed by atoms with Gasteiger partial charge in [0.05, 0.1) is 35.6 Å². The minimum absolute atomic E-state index is 0.0926. The fourth-order valence-corrected chi connectivity index (χ4v) is 4.39. The number of ether oxygens (including phenoxy) is 2. The number of nitrogens with zero attached hydrogens (tertiary/aromatic N) is 4. The van der Waals surface area contributed by atoms with Gasteiger partial charge < -0.3 is 24.6 Å². The molecular formula is C21H22F3N5O6P-. The van der Waals surface area contributed by atoms with Gasteiger partial charge in [0.25, 0.3) is 7.82 Å². The number of anilines is 1. The lowest BCUT2D eigenvalue weighted by molar-refractivity contribution is -0.231. The van der Waals surface area contributed by atoms with Crippen molar-refractivity contribution in [1.82, 2.24) is 19.6 Å². The molecule has 2 N–H and O–H groups in total. The minimum Gasteiger partial charge on any atom is -0.756 e. The number of phosphoric acid groups is 1. The van der Waals surface area contributed by atoms with Crippen molar-refractivity contribution < 1.29 is 41.5 Å². The zero-order valence-electron chi connectivity index (χ0n) is 18.7. The monoisotopic (exact) mass is 528 g/mol. The molecule has 1 aliphatic carbocycles. The number of halogens is 3. The van der Waals surface area contributed by atoms with E-state index in [0.29, 0.717) is 42.8 Å². The summed E-state index contributed by atoms with van der Waals surface area (Å²) in [6.45, 7) is -0.192. The van der Waals surface area contributed by atoms with E-state index in [1.165, 1.54) is 23.0 Å². The van der Waals surface area contributed by atoms with Crippen LogP contribution in [0.25, 0.3) is 16.9 Å². The van der Waals surface area contributed by atoms with Crippen LogP contribution in [0.3, 0.4) is 0 Å².